The van der Waals surface area contributed by atoms with Gasteiger partial charge in [-0.05, 0) is 104 Å². The van der Waals surface area contributed by atoms with Gasteiger partial charge in [-0.2, -0.15) is 0 Å². The lowest BCUT2D eigenvalue weighted by molar-refractivity contribution is 0.598. The number of sulfone groups is 1. The zero-order chi connectivity index (χ0) is 36.5. The SMILES string of the molecule is O=S1(=O)c2ccccc2-c2cc3c(cc21)-c1ccccc1C31c2ccccc2-c2ccccc2-c2ccc(-c3nc4ccccc4n3-c3ccccc3)cc21. The number of imidazole rings is 1. The molecule has 55 heavy (non-hydrogen) atoms. The van der Waals surface area contributed by atoms with E-state index >= 15 is 0 Å². The van der Waals surface area contributed by atoms with E-state index in [9.17, 15) is 8.42 Å². The Kier molecular flexibility index (Phi) is 6.06. The summed E-state index contributed by atoms with van der Waals surface area (Å²) in [6, 6.07) is 63.2. The molecule has 0 bridgehead atoms. The molecule has 2 heterocycles. The molecule has 1 aliphatic heterocycles. The number of benzene rings is 8. The van der Waals surface area contributed by atoms with Gasteiger partial charge in [0, 0.05) is 22.4 Å². The third kappa shape index (κ3) is 3.90. The van der Waals surface area contributed by atoms with Crippen molar-refractivity contribution < 1.29 is 8.42 Å². The van der Waals surface area contributed by atoms with Crippen molar-refractivity contribution in [3.05, 3.63) is 204 Å². The molecular weight excluding hydrogens is 693 g/mol. The minimum Gasteiger partial charge on any atom is -0.292 e. The molecule has 5 heteroatoms. The molecule has 9 aromatic rings. The zero-order valence-corrected chi connectivity index (χ0v) is 30.3. The van der Waals surface area contributed by atoms with Crippen molar-refractivity contribution in [1.29, 1.82) is 0 Å². The molecule has 0 amide bonds. The summed E-state index contributed by atoms with van der Waals surface area (Å²) in [5.74, 6) is 0.858. The molecule has 12 rings (SSSR count). The molecule has 0 saturated heterocycles. The minimum absolute atomic E-state index is 0.368. The molecule has 258 valence electrons. The maximum atomic E-state index is 14.2. The molecule has 4 nitrogen and oxygen atoms in total. The summed E-state index contributed by atoms with van der Waals surface area (Å²) in [5, 5.41) is 0. The molecule has 1 unspecified atom stereocenters. The van der Waals surface area contributed by atoms with Gasteiger partial charge in [0.25, 0.3) is 0 Å². The monoisotopic (exact) mass is 722 g/mol. The summed E-state index contributed by atoms with van der Waals surface area (Å²) >= 11 is 0. The van der Waals surface area contributed by atoms with Crippen molar-refractivity contribution in [2.75, 3.05) is 0 Å². The third-order valence-corrected chi connectivity index (χ3v) is 13.8. The maximum absolute atomic E-state index is 14.2. The first-order valence-corrected chi connectivity index (χ1v) is 20.0. The first kappa shape index (κ1) is 30.6. The highest BCUT2D eigenvalue weighted by atomic mass is 32.2. The molecule has 2 aliphatic carbocycles. The van der Waals surface area contributed by atoms with Crippen LogP contribution in [0.15, 0.2) is 192 Å². The molecule has 1 aromatic heterocycles. The Balaban J connectivity index is 1.26. The highest BCUT2D eigenvalue weighted by molar-refractivity contribution is 7.92. The topological polar surface area (TPSA) is 52.0 Å². The van der Waals surface area contributed by atoms with Gasteiger partial charge in [-0.25, -0.2) is 13.4 Å². The fourth-order valence-electron chi connectivity index (χ4n) is 9.79. The van der Waals surface area contributed by atoms with Crippen molar-refractivity contribution >= 4 is 20.9 Å². The number of hydrogen-bond donors (Lipinski definition) is 0. The van der Waals surface area contributed by atoms with Crippen molar-refractivity contribution in [2.45, 2.75) is 15.2 Å². The number of para-hydroxylation sites is 3. The first-order valence-electron chi connectivity index (χ1n) is 18.5. The average Bonchev–Trinajstić information content (AvgIpc) is 3.82. The van der Waals surface area contributed by atoms with Crippen molar-refractivity contribution in [2.24, 2.45) is 0 Å². The number of fused-ring (bicyclic) bond motifs is 16. The van der Waals surface area contributed by atoms with E-state index in [0.29, 0.717) is 9.79 Å². The van der Waals surface area contributed by atoms with E-state index in [1.807, 2.05) is 36.4 Å². The number of rotatable bonds is 2. The Morgan fingerprint density at radius 1 is 0.418 bits per heavy atom. The second-order valence-electron chi connectivity index (χ2n) is 14.6. The minimum atomic E-state index is -3.70. The predicted octanol–water partition coefficient (Wildman–Crippen LogP) is 11.5. The quantitative estimate of drug-likeness (QED) is 0.178. The highest BCUT2D eigenvalue weighted by Crippen LogP contribution is 2.63. The number of aromatic nitrogens is 2. The summed E-state index contributed by atoms with van der Waals surface area (Å²) in [4.78, 5) is 6.05. The fourth-order valence-corrected chi connectivity index (χ4v) is 11.5. The molecule has 1 spiro atoms. The lowest BCUT2D eigenvalue weighted by Crippen LogP contribution is -2.29. The third-order valence-electron chi connectivity index (χ3n) is 12.0. The standard InChI is InChI=1S/C50H30N2O2S/c53-55(54)47-25-13-8-20-38(47)40-29-44-39(30-48(40)55)36-19-7-10-22-42(36)50(44)41-21-9-6-18-35(41)33-16-4-5-17-34(33)37-27-26-31(28-43(37)50)49-51-45-23-11-12-24-46(45)52(49)32-14-2-1-3-15-32/h1-30H. The second kappa shape index (κ2) is 10.9. The van der Waals surface area contributed by atoms with E-state index in [-0.39, 0.29) is 0 Å². The van der Waals surface area contributed by atoms with Gasteiger partial charge in [0.2, 0.25) is 9.84 Å². The van der Waals surface area contributed by atoms with Gasteiger partial charge in [0.1, 0.15) is 5.82 Å². The van der Waals surface area contributed by atoms with Gasteiger partial charge < -0.3 is 0 Å². The zero-order valence-electron chi connectivity index (χ0n) is 29.4. The lowest BCUT2D eigenvalue weighted by atomic mass is 9.65. The van der Waals surface area contributed by atoms with E-state index in [2.05, 4.69) is 144 Å². The highest BCUT2D eigenvalue weighted by Gasteiger charge is 2.51. The normalized spacial score (nSPS) is 16.4. The van der Waals surface area contributed by atoms with Crippen LogP contribution in [0.3, 0.4) is 0 Å². The predicted molar refractivity (Wildman–Crippen MR) is 219 cm³/mol. The molecular formula is C50H30N2O2S. The van der Waals surface area contributed by atoms with Gasteiger partial charge >= 0.3 is 0 Å². The summed E-state index contributed by atoms with van der Waals surface area (Å²) < 4.78 is 30.6. The van der Waals surface area contributed by atoms with Crippen LogP contribution in [0.2, 0.25) is 0 Å². The van der Waals surface area contributed by atoms with Gasteiger partial charge in [0.15, 0.2) is 0 Å². The van der Waals surface area contributed by atoms with Crippen LogP contribution in [0.25, 0.3) is 72.6 Å². The van der Waals surface area contributed by atoms with Crippen molar-refractivity contribution in [3.63, 3.8) is 0 Å². The molecule has 0 saturated carbocycles. The van der Waals surface area contributed by atoms with Gasteiger partial charge in [0.05, 0.1) is 26.2 Å². The van der Waals surface area contributed by atoms with E-state index in [1.54, 1.807) is 6.07 Å². The van der Waals surface area contributed by atoms with Gasteiger partial charge in [-0.3, -0.25) is 4.57 Å². The molecule has 0 radical (unpaired) electrons. The van der Waals surface area contributed by atoms with Gasteiger partial charge in [-0.15, -0.1) is 0 Å². The molecule has 0 N–H and O–H groups in total. The Labute approximate surface area is 318 Å². The molecule has 0 fully saturated rings. The Morgan fingerprint density at radius 3 is 1.73 bits per heavy atom. The number of hydrogen-bond acceptors (Lipinski definition) is 3. The number of nitrogens with zero attached hydrogens (tertiary/aromatic N) is 2. The first-order chi connectivity index (χ1) is 27.0. The van der Waals surface area contributed by atoms with E-state index in [1.165, 1.54) is 5.56 Å². The largest absolute Gasteiger partial charge is 0.292 e. The fraction of sp³-hybridized carbons (Fsp3) is 0.0200. The van der Waals surface area contributed by atoms with E-state index in [4.69, 9.17) is 4.98 Å². The van der Waals surface area contributed by atoms with E-state index < -0.39 is 15.3 Å². The summed E-state index contributed by atoms with van der Waals surface area (Å²) in [7, 11) is -3.70. The smallest absolute Gasteiger partial charge is 0.207 e. The average molecular weight is 723 g/mol. The Morgan fingerprint density at radius 2 is 0.982 bits per heavy atom. The van der Waals surface area contributed by atoms with Crippen LogP contribution in [0.4, 0.5) is 0 Å². The van der Waals surface area contributed by atoms with E-state index in [0.717, 1.165) is 89.3 Å². The van der Waals surface area contributed by atoms with Crippen LogP contribution in [0.1, 0.15) is 22.3 Å². The maximum Gasteiger partial charge on any atom is 0.207 e. The van der Waals surface area contributed by atoms with Crippen LogP contribution in [0, 0.1) is 0 Å². The van der Waals surface area contributed by atoms with Crippen LogP contribution in [-0.2, 0) is 15.3 Å². The second-order valence-corrected chi connectivity index (χ2v) is 16.5. The van der Waals surface area contributed by atoms with Crippen LogP contribution in [0.5, 0.6) is 0 Å². The van der Waals surface area contributed by atoms with Crippen LogP contribution < -0.4 is 0 Å². The Hall–Kier alpha value is -6.82. The van der Waals surface area contributed by atoms with Crippen LogP contribution >= 0.6 is 0 Å². The summed E-state index contributed by atoms with van der Waals surface area (Å²) in [5.41, 5.74) is 15.8. The summed E-state index contributed by atoms with van der Waals surface area (Å²) in [6.45, 7) is 0. The van der Waals surface area contributed by atoms with Crippen molar-refractivity contribution in [3.8, 4) is 61.6 Å². The molecule has 1 atom stereocenters. The van der Waals surface area contributed by atoms with Crippen molar-refractivity contribution in [1.82, 2.24) is 9.55 Å². The van der Waals surface area contributed by atoms with Gasteiger partial charge in [-0.1, -0.05) is 133 Å². The summed E-state index contributed by atoms with van der Waals surface area (Å²) in [6.07, 6.45) is 0. The Bertz CT molecular complexity index is 3230. The van der Waals surface area contributed by atoms with Crippen LogP contribution in [-0.4, -0.2) is 18.0 Å². The molecule has 3 aliphatic rings. The lowest BCUT2D eigenvalue weighted by Gasteiger charge is -2.36. The molecule has 8 aromatic carbocycles.